The van der Waals surface area contributed by atoms with Crippen LogP contribution in [0.4, 0.5) is 0 Å². The summed E-state index contributed by atoms with van der Waals surface area (Å²) in [5, 5.41) is 2.77. The van der Waals surface area contributed by atoms with Gasteiger partial charge in [-0.1, -0.05) is 11.8 Å². The van der Waals surface area contributed by atoms with Crippen LogP contribution in [-0.4, -0.2) is 31.1 Å². The monoisotopic (exact) mass is 335 g/mol. The Morgan fingerprint density at radius 2 is 1.96 bits per heavy atom. The van der Waals surface area contributed by atoms with Crippen molar-refractivity contribution in [3.63, 3.8) is 0 Å². The molecule has 0 spiro atoms. The molecule has 2 heterocycles. The number of nitrogens with one attached hydrogen (secondary N) is 3. The van der Waals surface area contributed by atoms with Crippen molar-refractivity contribution in [2.24, 2.45) is 0 Å². The Hall–Kier alpha value is -2.42. The Morgan fingerprint density at radius 3 is 2.57 bits per heavy atom. The summed E-state index contributed by atoms with van der Waals surface area (Å²) in [6.45, 7) is 5.50. The maximum absolute atomic E-state index is 12.1. The molecule has 9 heteroatoms. The molecule has 3 N–H and O–H groups in total. The molecule has 0 saturated heterocycles. The third kappa shape index (κ3) is 4.78. The number of rotatable bonds is 5. The number of H-pyrrole nitrogens is 2. The zero-order valence-corrected chi connectivity index (χ0v) is 13.8. The molecule has 0 radical (unpaired) electrons. The average Bonchev–Trinajstić information content (AvgIpc) is 2.44. The van der Waals surface area contributed by atoms with E-state index in [1.54, 1.807) is 6.92 Å². The number of aromatic amines is 2. The molecule has 0 bridgehead atoms. The fourth-order valence-electron chi connectivity index (χ4n) is 1.85. The molecule has 8 nitrogen and oxygen atoms in total. The Balaban J connectivity index is 1.97. The molecule has 2 aromatic rings. The predicted octanol–water partition coefficient (Wildman–Crippen LogP) is 0.267. The molecule has 0 aromatic carbocycles. The van der Waals surface area contributed by atoms with Gasteiger partial charge in [-0.3, -0.25) is 14.6 Å². The normalized spacial score (nSPS) is 12.0. The van der Waals surface area contributed by atoms with Gasteiger partial charge in [0.15, 0.2) is 5.16 Å². The summed E-state index contributed by atoms with van der Waals surface area (Å²) in [5.41, 5.74) is 0.852. The maximum atomic E-state index is 12.1. The van der Waals surface area contributed by atoms with Crippen molar-refractivity contribution >= 4 is 17.7 Å². The van der Waals surface area contributed by atoms with E-state index >= 15 is 0 Å². The topological polar surface area (TPSA) is 121 Å². The summed E-state index contributed by atoms with van der Waals surface area (Å²) in [6.07, 6.45) is 1.28. The molecule has 1 amide bonds. The number of carbonyl (C=O) groups excluding carboxylic acids is 1. The third-order valence-corrected chi connectivity index (χ3v) is 3.92. The summed E-state index contributed by atoms with van der Waals surface area (Å²) in [5.74, 6) is -0.247. The molecule has 0 aliphatic carbocycles. The van der Waals surface area contributed by atoms with Gasteiger partial charge >= 0.3 is 5.69 Å². The second-order valence-corrected chi connectivity index (χ2v) is 6.32. The van der Waals surface area contributed by atoms with E-state index in [0.717, 1.165) is 11.4 Å². The summed E-state index contributed by atoms with van der Waals surface area (Å²) >= 11 is 1.24. The Kier molecular flexibility index (Phi) is 5.32. The van der Waals surface area contributed by atoms with Gasteiger partial charge in [-0.15, -0.1) is 0 Å². The zero-order valence-electron chi connectivity index (χ0n) is 13.0. The van der Waals surface area contributed by atoms with Crippen molar-refractivity contribution in [1.82, 2.24) is 25.3 Å². The Labute approximate surface area is 136 Å². The number of aromatic nitrogens is 4. The summed E-state index contributed by atoms with van der Waals surface area (Å²) < 4.78 is 0. The SMILES string of the molecule is Cc1cc(C)nc(S[C@H](C)C(=O)NCc2c[nH]c(=O)[nH]c2=O)n1. The van der Waals surface area contributed by atoms with E-state index in [0.29, 0.717) is 5.16 Å². The van der Waals surface area contributed by atoms with Crippen LogP contribution in [-0.2, 0) is 11.3 Å². The molecule has 0 aliphatic heterocycles. The van der Waals surface area contributed by atoms with Gasteiger partial charge in [0.25, 0.3) is 5.56 Å². The van der Waals surface area contributed by atoms with Gasteiger partial charge in [-0.25, -0.2) is 14.8 Å². The van der Waals surface area contributed by atoms with Crippen molar-refractivity contribution in [2.45, 2.75) is 37.7 Å². The summed E-state index contributed by atoms with van der Waals surface area (Å²) in [4.78, 5) is 47.6. The molecule has 2 aromatic heterocycles. The smallest absolute Gasteiger partial charge is 0.325 e. The van der Waals surface area contributed by atoms with Crippen LogP contribution in [0, 0.1) is 13.8 Å². The molecule has 2 rings (SSSR count). The molecule has 1 atom stereocenters. The number of thioether (sulfide) groups is 1. The van der Waals surface area contributed by atoms with E-state index in [2.05, 4.69) is 25.3 Å². The average molecular weight is 335 g/mol. The Morgan fingerprint density at radius 1 is 1.30 bits per heavy atom. The van der Waals surface area contributed by atoms with E-state index < -0.39 is 16.5 Å². The minimum atomic E-state index is -0.582. The van der Waals surface area contributed by atoms with Crippen molar-refractivity contribution in [1.29, 1.82) is 0 Å². The molecular weight excluding hydrogens is 318 g/mol. The summed E-state index contributed by atoms with van der Waals surface area (Å²) in [7, 11) is 0. The highest BCUT2D eigenvalue weighted by Crippen LogP contribution is 2.20. The van der Waals surface area contributed by atoms with Gasteiger partial charge in [-0.05, 0) is 26.8 Å². The lowest BCUT2D eigenvalue weighted by Crippen LogP contribution is -2.34. The lowest BCUT2D eigenvalue weighted by Gasteiger charge is -2.11. The number of amides is 1. The number of hydrogen-bond donors (Lipinski definition) is 3. The largest absolute Gasteiger partial charge is 0.351 e. The van der Waals surface area contributed by atoms with E-state index in [9.17, 15) is 14.4 Å². The van der Waals surface area contributed by atoms with Crippen molar-refractivity contribution in [3.8, 4) is 0 Å². The minimum absolute atomic E-state index is 0.0313. The quantitative estimate of drug-likeness (QED) is 0.533. The van der Waals surface area contributed by atoms with Crippen LogP contribution in [0.15, 0.2) is 27.0 Å². The fourth-order valence-corrected chi connectivity index (χ4v) is 2.75. The van der Waals surface area contributed by atoms with Crippen LogP contribution >= 0.6 is 11.8 Å². The second-order valence-electron chi connectivity index (χ2n) is 5.01. The first-order valence-corrected chi connectivity index (χ1v) is 7.80. The van der Waals surface area contributed by atoms with Gasteiger partial charge in [0, 0.05) is 24.1 Å². The van der Waals surface area contributed by atoms with E-state index in [-0.39, 0.29) is 18.0 Å². The predicted molar refractivity (Wildman–Crippen MR) is 86.4 cm³/mol. The van der Waals surface area contributed by atoms with Gasteiger partial charge < -0.3 is 10.3 Å². The first-order valence-electron chi connectivity index (χ1n) is 6.92. The van der Waals surface area contributed by atoms with Crippen molar-refractivity contribution in [3.05, 3.63) is 50.1 Å². The molecule has 0 fully saturated rings. The standard InChI is InChI=1S/C14H17N5O3S/c1-7-4-8(2)18-14(17-7)23-9(3)11(20)15-5-10-6-16-13(22)19-12(10)21/h4,6,9H,5H2,1-3H3,(H,15,20)(H2,16,19,21,22)/t9-/m1/s1. The van der Waals surface area contributed by atoms with Gasteiger partial charge in [0.2, 0.25) is 5.91 Å². The number of hydrogen-bond acceptors (Lipinski definition) is 6. The second kappa shape index (κ2) is 7.23. The van der Waals surface area contributed by atoms with Gasteiger partial charge in [0.05, 0.1) is 10.8 Å². The van der Waals surface area contributed by atoms with E-state index in [1.165, 1.54) is 18.0 Å². The van der Waals surface area contributed by atoms with Crippen LogP contribution in [0.1, 0.15) is 23.9 Å². The van der Waals surface area contributed by atoms with Crippen LogP contribution in [0.2, 0.25) is 0 Å². The van der Waals surface area contributed by atoms with Crippen LogP contribution in [0.3, 0.4) is 0 Å². The first-order chi connectivity index (χ1) is 10.8. The van der Waals surface area contributed by atoms with Crippen LogP contribution in [0.5, 0.6) is 0 Å². The van der Waals surface area contributed by atoms with E-state index in [1.807, 2.05) is 19.9 Å². The lowest BCUT2D eigenvalue weighted by atomic mass is 10.3. The van der Waals surface area contributed by atoms with Crippen molar-refractivity contribution in [2.75, 3.05) is 0 Å². The van der Waals surface area contributed by atoms with Gasteiger partial charge in [0.1, 0.15) is 0 Å². The molecule has 0 unspecified atom stereocenters. The molecule has 0 saturated carbocycles. The highest BCUT2D eigenvalue weighted by Gasteiger charge is 2.16. The van der Waals surface area contributed by atoms with Crippen LogP contribution in [0.25, 0.3) is 0 Å². The van der Waals surface area contributed by atoms with E-state index in [4.69, 9.17) is 0 Å². The highest BCUT2D eigenvalue weighted by atomic mass is 32.2. The lowest BCUT2D eigenvalue weighted by molar-refractivity contribution is -0.120. The Bertz CT molecular complexity index is 809. The van der Waals surface area contributed by atoms with Crippen LogP contribution < -0.4 is 16.6 Å². The fraction of sp³-hybridized carbons (Fsp3) is 0.357. The minimum Gasteiger partial charge on any atom is -0.351 e. The number of nitrogens with zero attached hydrogens (tertiary/aromatic N) is 2. The highest BCUT2D eigenvalue weighted by molar-refractivity contribution is 8.00. The molecular formula is C14H17N5O3S. The zero-order chi connectivity index (χ0) is 17.0. The number of carbonyl (C=O) groups is 1. The molecule has 0 aliphatic rings. The first kappa shape index (κ1) is 16.9. The third-order valence-electron chi connectivity index (χ3n) is 2.96. The number of aryl methyl sites for hydroxylation is 2. The maximum Gasteiger partial charge on any atom is 0.325 e. The molecule has 122 valence electrons. The van der Waals surface area contributed by atoms with Crippen molar-refractivity contribution < 1.29 is 4.79 Å². The summed E-state index contributed by atoms with van der Waals surface area (Å²) in [6, 6.07) is 1.86. The van der Waals surface area contributed by atoms with Gasteiger partial charge in [-0.2, -0.15) is 0 Å². The molecule has 23 heavy (non-hydrogen) atoms.